The average molecular weight is 281 g/mol. The Labute approximate surface area is 114 Å². The Morgan fingerprint density at radius 2 is 1.79 bits per heavy atom. The van der Waals surface area contributed by atoms with Crippen LogP contribution in [0.25, 0.3) is 0 Å². The van der Waals surface area contributed by atoms with Crippen molar-refractivity contribution in [2.24, 2.45) is 0 Å². The Morgan fingerprint density at radius 3 is 2.26 bits per heavy atom. The predicted molar refractivity (Wildman–Crippen MR) is 78.1 cm³/mol. The molecule has 5 heteroatoms. The van der Waals surface area contributed by atoms with E-state index >= 15 is 0 Å². The zero-order valence-corrected chi connectivity index (χ0v) is 12.3. The minimum atomic E-state index is -3.41. The molecule has 1 aromatic rings. The first kappa shape index (κ1) is 15.4. The Bertz CT molecular complexity index is 580. The Kier molecular flexibility index (Phi) is 4.89. The van der Waals surface area contributed by atoms with E-state index in [-0.39, 0.29) is 5.75 Å². The monoisotopic (exact) mass is 281 g/mol. The Morgan fingerprint density at radius 1 is 1.26 bits per heavy atom. The third kappa shape index (κ3) is 4.52. The predicted octanol–water partition coefficient (Wildman–Crippen LogP) is 2.15. The fourth-order valence-corrected chi connectivity index (χ4v) is 2.94. The van der Waals surface area contributed by atoms with Crippen LogP contribution in [-0.2, 0) is 14.6 Å². The van der Waals surface area contributed by atoms with Crippen LogP contribution >= 0.6 is 0 Å². The minimum Gasteiger partial charge on any atom is -0.325 e. The average Bonchev–Trinajstić information content (AvgIpc) is 2.22. The standard InChI is InChI=1S/C14H19NO3S/c1-5-6-19(17,18)9-13(16)15-14-11(3)7-10(2)8-12(14)4/h5,7-8H,1,6,9H2,2-4H3,(H,15,16). The largest absolute Gasteiger partial charge is 0.325 e. The first-order valence-electron chi connectivity index (χ1n) is 5.94. The summed E-state index contributed by atoms with van der Waals surface area (Å²) in [5.41, 5.74) is 3.63. The highest BCUT2D eigenvalue weighted by molar-refractivity contribution is 7.92. The maximum absolute atomic E-state index is 11.8. The van der Waals surface area contributed by atoms with Crippen LogP contribution in [0.5, 0.6) is 0 Å². The quantitative estimate of drug-likeness (QED) is 0.841. The van der Waals surface area contributed by atoms with E-state index in [1.165, 1.54) is 6.08 Å². The van der Waals surface area contributed by atoms with Crippen LogP contribution in [0.2, 0.25) is 0 Å². The van der Waals surface area contributed by atoms with Gasteiger partial charge in [-0.1, -0.05) is 23.8 Å². The van der Waals surface area contributed by atoms with Crippen LogP contribution in [-0.4, -0.2) is 25.8 Å². The molecule has 0 saturated carbocycles. The minimum absolute atomic E-state index is 0.188. The Hall–Kier alpha value is -1.62. The van der Waals surface area contributed by atoms with Gasteiger partial charge in [-0.15, -0.1) is 6.58 Å². The topological polar surface area (TPSA) is 63.2 Å². The van der Waals surface area contributed by atoms with Crippen LogP contribution in [0.15, 0.2) is 24.8 Å². The SMILES string of the molecule is C=CCS(=O)(=O)CC(=O)Nc1c(C)cc(C)cc1C. The van der Waals surface area contributed by atoms with Crippen molar-refractivity contribution in [2.45, 2.75) is 20.8 Å². The fraction of sp³-hybridized carbons (Fsp3) is 0.357. The third-order valence-electron chi connectivity index (χ3n) is 2.66. The number of anilines is 1. The molecule has 0 aliphatic rings. The van der Waals surface area contributed by atoms with Crippen molar-refractivity contribution in [1.29, 1.82) is 0 Å². The van der Waals surface area contributed by atoms with Gasteiger partial charge < -0.3 is 5.32 Å². The second kappa shape index (κ2) is 6.02. The highest BCUT2D eigenvalue weighted by Gasteiger charge is 2.16. The summed E-state index contributed by atoms with van der Waals surface area (Å²) in [6.45, 7) is 9.10. The molecule has 4 nitrogen and oxygen atoms in total. The molecule has 104 valence electrons. The van der Waals surface area contributed by atoms with E-state index in [0.717, 1.165) is 16.7 Å². The van der Waals surface area contributed by atoms with Crippen molar-refractivity contribution in [3.05, 3.63) is 41.5 Å². The number of aryl methyl sites for hydroxylation is 3. The van der Waals surface area contributed by atoms with Crippen LogP contribution in [0.3, 0.4) is 0 Å². The van der Waals surface area contributed by atoms with Crippen molar-refractivity contribution in [1.82, 2.24) is 0 Å². The van der Waals surface area contributed by atoms with Crippen LogP contribution in [0.1, 0.15) is 16.7 Å². The van der Waals surface area contributed by atoms with Gasteiger partial charge in [-0.3, -0.25) is 4.79 Å². The molecule has 0 saturated heterocycles. The zero-order chi connectivity index (χ0) is 14.6. The van der Waals surface area contributed by atoms with Gasteiger partial charge >= 0.3 is 0 Å². The van der Waals surface area contributed by atoms with Gasteiger partial charge in [-0.2, -0.15) is 0 Å². The van der Waals surface area contributed by atoms with Gasteiger partial charge in [0.15, 0.2) is 9.84 Å². The van der Waals surface area contributed by atoms with Gasteiger partial charge in [-0.25, -0.2) is 8.42 Å². The number of amides is 1. The van der Waals surface area contributed by atoms with Gasteiger partial charge in [0, 0.05) is 5.69 Å². The molecular formula is C14H19NO3S. The summed E-state index contributed by atoms with van der Waals surface area (Å²) in [5, 5.41) is 2.67. The lowest BCUT2D eigenvalue weighted by Gasteiger charge is -2.12. The van der Waals surface area contributed by atoms with E-state index in [1.54, 1.807) is 0 Å². The highest BCUT2D eigenvalue weighted by atomic mass is 32.2. The highest BCUT2D eigenvalue weighted by Crippen LogP contribution is 2.21. The Balaban J connectivity index is 2.87. The number of nitrogens with one attached hydrogen (secondary N) is 1. The smallest absolute Gasteiger partial charge is 0.239 e. The van der Waals surface area contributed by atoms with Gasteiger partial charge in [0.2, 0.25) is 5.91 Å². The van der Waals surface area contributed by atoms with Crippen molar-refractivity contribution >= 4 is 21.4 Å². The van der Waals surface area contributed by atoms with E-state index in [9.17, 15) is 13.2 Å². The van der Waals surface area contributed by atoms with Crippen molar-refractivity contribution < 1.29 is 13.2 Å². The molecule has 0 aromatic heterocycles. The summed E-state index contributed by atoms with van der Waals surface area (Å²) < 4.78 is 23.0. The number of carbonyl (C=O) groups is 1. The van der Waals surface area contributed by atoms with Gasteiger partial charge in [0.05, 0.1) is 5.75 Å². The van der Waals surface area contributed by atoms with Gasteiger partial charge in [0.1, 0.15) is 5.75 Å². The lowest BCUT2D eigenvalue weighted by atomic mass is 10.1. The van der Waals surface area contributed by atoms with E-state index in [4.69, 9.17) is 0 Å². The normalized spacial score (nSPS) is 11.1. The molecule has 0 atom stereocenters. The first-order valence-corrected chi connectivity index (χ1v) is 7.76. The van der Waals surface area contributed by atoms with Gasteiger partial charge in [-0.05, 0) is 31.9 Å². The summed E-state index contributed by atoms with van der Waals surface area (Å²) in [4.78, 5) is 11.8. The first-order chi connectivity index (χ1) is 8.75. The molecule has 0 spiro atoms. The van der Waals surface area contributed by atoms with Crippen molar-refractivity contribution in [2.75, 3.05) is 16.8 Å². The van der Waals surface area contributed by atoms with E-state index in [2.05, 4.69) is 11.9 Å². The zero-order valence-electron chi connectivity index (χ0n) is 11.5. The van der Waals surface area contributed by atoms with Crippen molar-refractivity contribution in [3.63, 3.8) is 0 Å². The van der Waals surface area contributed by atoms with E-state index < -0.39 is 21.5 Å². The molecule has 0 heterocycles. The molecule has 0 aliphatic heterocycles. The molecule has 19 heavy (non-hydrogen) atoms. The molecule has 0 aliphatic carbocycles. The second-order valence-corrected chi connectivity index (χ2v) is 6.77. The van der Waals surface area contributed by atoms with Crippen LogP contribution in [0.4, 0.5) is 5.69 Å². The number of hydrogen-bond donors (Lipinski definition) is 1. The maximum atomic E-state index is 11.8. The molecule has 1 amide bonds. The molecular weight excluding hydrogens is 262 g/mol. The number of carbonyl (C=O) groups excluding carboxylic acids is 1. The number of hydrogen-bond acceptors (Lipinski definition) is 3. The number of sulfone groups is 1. The number of rotatable bonds is 5. The van der Waals surface area contributed by atoms with Crippen molar-refractivity contribution in [3.8, 4) is 0 Å². The molecule has 0 bridgehead atoms. The molecule has 0 unspecified atom stereocenters. The van der Waals surface area contributed by atoms with E-state index in [0.29, 0.717) is 5.69 Å². The van der Waals surface area contributed by atoms with Crippen LogP contribution in [0, 0.1) is 20.8 Å². The lowest BCUT2D eigenvalue weighted by Crippen LogP contribution is -2.24. The summed E-state index contributed by atoms with van der Waals surface area (Å²) in [5.74, 6) is -1.23. The maximum Gasteiger partial charge on any atom is 0.239 e. The molecule has 0 fully saturated rings. The molecule has 1 aromatic carbocycles. The number of benzene rings is 1. The molecule has 1 rings (SSSR count). The summed E-state index contributed by atoms with van der Waals surface area (Å²) in [6, 6.07) is 3.89. The summed E-state index contributed by atoms with van der Waals surface area (Å²) >= 11 is 0. The lowest BCUT2D eigenvalue weighted by molar-refractivity contribution is -0.113. The third-order valence-corrected chi connectivity index (χ3v) is 4.11. The van der Waals surface area contributed by atoms with Gasteiger partial charge in [0.25, 0.3) is 0 Å². The van der Waals surface area contributed by atoms with Crippen LogP contribution < -0.4 is 5.32 Å². The molecule has 0 radical (unpaired) electrons. The second-order valence-electron chi connectivity index (χ2n) is 4.67. The summed E-state index contributed by atoms with van der Waals surface area (Å²) in [6.07, 6.45) is 1.28. The fourth-order valence-electron chi connectivity index (χ4n) is 1.99. The molecule has 1 N–H and O–H groups in total. The van der Waals surface area contributed by atoms with E-state index in [1.807, 2.05) is 32.9 Å². The summed E-state index contributed by atoms with van der Waals surface area (Å²) in [7, 11) is -3.41.